The predicted octanol–water partition coefficient (Wildman–Crippen LogP) is 3.45. The molecule has 152 valence electrons. The van der Waals surface area contributed by atoms with Gasteiger partial charge in [-0.15, -0.1) is 0 Å². The molecule has 3 rings (SSSR count). The Morgan fingerprint density at radius 2 is 1.86 bits per heavy atom. The van der Waals surface area contributed by atoms with Gasteiger partial charge in [0.1, 0.15) is 12.0 Å². The fourth-order valence-corrected chi connectivity index (χ4v) is 3.25. The maximum absolute atomic E-state index is 12.4. The molecule has 6 nitrogen and oxygen atoms in total. The summed E-state index contributed by atoms with van der Waals surface area (Å²) < 4.78 is 15.8. The molecule has 0 aliphatic carbocycles. The van der Waals surface area contributed by atoms with Crippen molar-refractivity contribution >= 4 is 11.9 Å². The highest BCUT2D eigenvalue weighted by molar-refractivity contribution is 5.92. The highest BCUT2D eigenvalue weighted by Gasteiger charge is 2.15. The van der Waals surface area contributed by atoms with Crippen molar-refractivity contribution in [1.29, 1.82) is 0 Å². The normalized spacial score (nSPS) is 14.1. The predicted molar refractivity (Wildman–Crippen MR) is 110 cm³/mol. The molecule has 0 spiro atoms. The summed E-state index contributed by atoms with van der Waals surface area (Å²) >= 11 is 0. The van der Waals surface area contributed by atoms with Crippen molar-refractivity contribution in [2.75, 3.05) is 33.4 Å². The summed E-state index contributed by atoms with van der Waals surface area (Å²) in [6.45, 7) is 4.17. The third kappa shape index (κ3) is 5.03. The van der Waals surface area contributed by atoms with Crippen molar-refractivity contribution in [3.63, 3.8) is 0 Å². The number of nitrogens with zero attached hydrogens (tertiary/aromatic N) is 1. The molecule has 1 fully saturated rings. The fourth-order valence-electron chi connectivity index (χ4n) is 3.25. The number of morpholine rings is 1. The van der Waals surface area contributed by atoms with E-state index in [-0.39, 0.29) is 5.91 Å². The molecule has 0 saturated carbocycles. The van der Waals surface area contributed by atoms with Crippen LogP contribution in [0.3, 0.4) is 0 Å². The van der Waals surface area contributed by atoms with E-state index in [0.29, 0.717) is 31.9 Å². The minimum atomic E-state index is -0.502. The molecular weight excluding hydrogens is 370 g/mol. The number of aryl methyl sites for hydroxylation is 1. The average molecular weight is 395 g/mol. The zero-order valence-electron chi connectivity index (χ0n) is 16.7. The minimum Gasteiger partial charge on any atom is -0.496 e. The lowest BCUT2D eigenvalue weighted by atomic mass is 9.95. The highest BCUT2D eigenvalue weighted by atomic mass is 16.5. The molecule has 6 heteroatoms. The lowest BCUT2D eigenvalue weighted by Gasteiger charge is -2.25. The zero-order chi connectivity index (χ0) is 20.6. The van der Waals surface area contributed by atoms with Gasteiger partial charge in [0.2, 0.25) is 5.91 Å². The van der Waals surface area contributed by atoms with Crippen molar-refractivity contribution in [2.45, 2.75) is 13.3 Å². The van der Waals surface area contributed by atoms with E-state index in [1.54, 1.807) is 18.1 Å². The molecule has 2 aromatic rings. The van der Waals surface area contributed by atoms with Gasteiger partial charge in [-0.25, -0.2) is 4.79 Å². The minimum absolute atomic E-state index is 0.193. The van der Waals surface area contributed by atoms with Crippen molar-refractivity contribution < 1.29 is 23.8 Å². The third-order valence-corrected chi connectivity index (χ3v) is 4.83. The Hall–Kier alpha value is -3.12. The number of amides is 1. The quantitative estimate of drug-likeness (QED) is 0.426. The second-order valence-corrected chi connectivity index (χ2v) is 6.57. The van der Waals surface area contributed by atoms with Crippen LogP contribution in [-0.2, 0) is 20.7 Å². The van der Waals surface area contributed by atoms with Gasteiger partial charge >= 0.3 is 5.97 Å². The van der Waals surface area contributed by atoms with Crippen molar-refractivity contribution in [3.8, 4) is 16.9 Å². The standard InChI is InChI=1S/C23H25NO5/c1-3-17-16-18(8-9-19(17)20-6-4-5-7-21(20)27-2)23(26)29-13-10-22(25)24-11-14-28-15-12-24/h4-10,13,16H,3,11-12,14-15H2,1-2H3. The number of carbonyl (C=O) groups excluding carboxylic acids is 2. The summed E-state index contributed by atoms with van der Waals surface area (Å²) in [6.07, 6.45) is 3.17. The Morgan fingerprint density at radius 1 is 1.10 bits per heavy atom. The van der Waals surface area contributed by atoms with Crippen molar-refractivity contribution in [2.24, 2.45) is 0 Å². The Morgan fingerprint density at radius 3 is 2.59 bits per heavy atom. The Balaban J connectivity index is 1.71. The largest absolute Gasteiger partial charge is 0.496 e. The first-order chi connectivity index (χ1) is 14.1. The summed E-state index contributed by atoms with van der Waals surface area (Å²) in [7, 11) is 1.64. The van der Waals surface area contributed by atoms with Crippen LogP contribution in [0.15, 0.2) is 54.8 Å². The van der Waals surface area contributed by atoms with Gasteiger partial charge in [-0.2, -0.15) is 0 Å². The number of esters is 1. The maximum atomic E-state index is 12.4. The van der Waals surface area contributed by atoms with E-state index in [0.717, 1.165) is 35.1 Å². The van der Waals surface area contributed by atoms with Crippen LogP contribution in [0.5, 0.6) is 5.75 Å². The summed E-state index contributed by atoms with van der Waals surface area (Å²) in [5.74, 6) is 0.0845. The Bertz CT molecular complexity index is 900. The van der Waals surface area contributed by atoms with Gasteiger partial charge in [-0.1, -0.05) is 31.2 Å². The third-order valence-electron chi connectivity index (χ3n) is 4.83. The summed E-state index contributed by atoms with van der Waals surface area (Å²) in [5, 5.41) is 0. The zero-order valence-corrected chi connectivity index (χ0v) is 16.7. The van der Waals surface area contributed by atoms with E-state index >= 15 is 0 Å². The van der Waals surface area contributed by atoms with Crippen LogP contribution in [0.2, 0.25) is 0 Å². The molecule has 0 radical (unpaired) electrons. The van der Waals surface area contributed by atoms with Crippen molar-refractivity contribution in [3.05, 3.63) is 65.9 Å². The van der Waals surface area contributed by atoms with Gasteiger partial charge in [-0.3, -0.25) is 4.79 Å². The van der Waals surface area contributed by atoms with Crippen LogP contribution < -0.4 is 4.74 Å². The number of methoxy groups -OCH3 is 1. The molecule has 2 aromatic carbocycles. The van der Waals surface area contributed by atoms with E-state index in [9.17, 15) is 9.59 Å². The summed E-state index contributed by atoms with van der Waals surface area (Å²) in [4.78, 5) is 26.1. The average Bonchev–Trinajstić information content (AvgIpc) is 2.79. The smallest absolute Gasteiger partial charge is 0.342 e. The molecule has 0 atom stereocenters. The maximum Gasteiger partial charge on any atom is 0.342 e. The Labute approximate surface area is 170 Å². The monoisotopic (exact) mass is 395 g/mol. The first-order valence-corrected chi connectivity index (χ1v) is 9.64. The molecule has 29 heavy (non-hydrogen) atoms. The van der Waals surface area contributed by atoms with Crippen LogP contribution in [0, 0.1) is 0 Å². The first kappa shape index (κ1) is 20.6. The molecule has 0 unspecified atom stereocenters. The molecule has 1 aliphatic rings. The topological polar surface area (TPSA) is 65.1 Å². The number of para-hydroxylation sites is 1. The number of hydrogen-bond donors (Lipinski definition) is 0. The van der Waals surface area contributed by atoms with Crippen LogP contribution in [0.25, 0.3) is 11.1 Å². The molecule has 1 aliphatic heterocycles. The van der Waals surface area contributed by atoms with Gasteiger partial charge in [0.05, 0.1) is 25.9 Å². The lowest BCUT2D eigenvalue weighted by Crippen LogP contribution is -2.39. The van der Waals surface area contributed by atoms with E-state index in [2.05, 4.69) is 0 Å². The van der Waals surface area contributed by atoms with Crippen LogP contribution in [0.4, 0.5) is 0 Å². The van der Waals surface area contributed by atoms with Gasteiger partial charge in [0, 0.05) is 24.7 Å². The van der Waals surface area contributed by atoms with E-state index < -0.39 is 5.97 Å². The molecule has 1 saturated heterocycles. The fraction of sp³-hybridized carbons (Fsp3) is 0.304. The van der Waals surface area contributed by atoms with Crippen LogP contribution >= 0.6 is 0 Å². The van der Waals surface area contributed by atoms with Crippen LogP contribution in [-0.4, -0.2) is 50.2 Å². The summed E-state index contributed by atoms with van der Waals surface area (Å²) in [6, 6.07) is 13.2. The molecule has 1 heterocycles. The first-order valence-electron chi connectivity index (χ1n) is 9.64. The number of carbonyl (C=O) groups is 2. The van der Waals surface area contributed by atoms with Gasteiger partial charge in [0.25, 0.3) is 0 Å². The number of benzene rings is 2. The molecule has 0 aromatic heterocycles. The second kappa shape index (κ2) is 9.89. The molecule has 0 bridgehead atoms. The number of ether oxygens (including phenoxy) is 3. The highest BCUT2D eigenvalue weighted by Crippen LogP contribution is 2.33. The number of rotatable bonds is 6. The number of hydrogen-bond acceptors (Lipinski definition) is 5. The van der Waals surface area contributed by atoms with E-state index in [4.69, 9.17) is 14.2 Å². The molecule has 1 amide bonds. The van der Waals surface area contributed by atoms with Gasteiger partial charge in [-0.05, 0) is 35.7 Å². The SMILES string of the molecule is CCc1cc(C(=O)OC=CC(=O)N2CCOCC2)ccc1-c1ccccc1OC. The second-order valence-electron chi connectivity index (χ2n) is 6.57. The van der Waals surface area contributed by atoms with E-state index in [1.165, 1.54) is 6.08 Å². The summed E-state index contributed by atoms with van der Waals surface area (Å²) in [5.41, 5.74) is 3.43. The Kier molecular flexibility index (Phi) is 7.03. The van der Waals surface area contributed by atoms with Gasteiger partial charge in [0.15, 0.2) is 0 Å². The lowest BCUT2D eigenvalue weighted by molar-refractivity contribution is -0.130. The van der Waals surface area contributed by atoms with Crippen LogP contribution in [0.1, 0.15) is 22.8 Å². The molecular formula is C23H25NO5. The molecule has 0 N–H and O–H groups in total. The van der Waals surface area contributed by atoms with E-state index in [1.807, 2.05) is 43.3 Å². The van der Waals surface area contributed by atoms with Gasteiger partial charge < -0.3 is 19.1 Å². The van der Waals surface area contributed by atoms with Crippen molar-refractivity contribution in [1.82, 2.24) is 4.90 Å².